The second-order valence-corrected chi connectivity index (χ2v) is 5.15. The summed E-state index contributed by atoms with van der Waals surface area (Å²) >= 11 is 0. The molecular weight excluding hydrogens is 339 g/mol. The number of nitrogens with zero attached hydrogens (tertiary/aromatic N) is 4. The SMILES string of the molecule is CN(C(N=C(N)NOC(F)(F)F)=NN1CCNCC1)c1ccccc1. The average Bonchev–Trinajstić information content (AvgIpc) is 2.60. The zero-order valence-corrected chi connectivity index (χ0v) is 13.6. The van der Waals surface area contributed by atoms with Crippen LogP contribution >= 0.6 is 0 Å². The van der Waals surface area contributed by atoms with Crippen molar-refractivity contribution < 1.29 is 18.0 Å². The van der Waals surface area contributed by atoms with E-state index in [1.165, 1.54) is 0 Å². The van der Waals surface area contributed by atoms with Crippen LogP contribution in [0.15, 0.2) is 40.4 Å². The van der Waals surface area contributed by atoms with Gasteiger partial charge in [-0.3, -0.25) is 5.01 Å². The van der Waals surface area contributed by atoms with Gasteiger partial charge in [-0.1, -0.05) is 18.2 Å². The Morgan fingerprint density at radius 3 is 2.52 bits per heavy atom. The molecule has 0 aliphatic carbocycles. The normalized spacial score (nSPS) is 16.7. The fourth-order valence-corrected chi connectivity index (χ4v) is 2.05. The number of anilines is 1. The van der Waals surface area contributed by atoms with Gasteiger partial charge in [-0.2, -0.15) is 9.83 Å². The lowest BCUT2D eigenvalue weighted by Crippen LogP contribution is -2.43. The van der Waals surface area contributed by atoms with E-state index in [9.17, 15) is 13.2 Å². The minimum atomic E-state index is -4.87. The number of aliphatic imine (C=N–C) groups is 1. The van der Waals surface area contributed by atoms with Crippen molar-refractivity contribution in [2.24, 2.45) is 15.8 Å². The number of nitrogens with two attached hydrogens (primary N) is 1. The highest BCUT2D eigenvalue weighted by Gasteiger charge is 2.30. The molecule has 0 bridgehead atoms. The van der Waals surface area contributed by atoms with Crippen molar-refractivity contribution in [2.45, 2.75) is 6.36 Å². The number of para-hydroxylation sites is 1. The van der Waals surface area contributed by atoms with E-state index in [2.05, 4.69) is 20.2 Å². The van der Waals surface area contributed by atoms with Gasteiger partial charge in [-0.25, -0.2) is 5.48 Å². The number of benzene rings is 1. The van der Waals surface area contributed by atoms with E-state index >= 15 is 0 Å². The molecule has 1 aliphatic heterocycles. The second-order valence-electron chi connectivity index (χ2n) is 5.15. The Bertz CT molecular complexity index is 600. The maximum absolute atomic E-state index is 12.1. The minimum absolute atomic E-state index is 0.129. The fourth-order valence-electron chi connectivity index (χ4n) is 2.05. The van der Waals surface area contributed by atoms with E-state index in [0.717, 1.165) is 18.8 Å². The van der Waals surface area contributed by atoms with Crippen LogP contribution in [0.2, 0.25) is 0 Å². The molecule has 138 valence electrons. The molecule has 1 aliphatic rings. The predicted molar refractivity (Wildman–Crippen MR) is 88.6 cm³/mol. The summed E-state index contributed by atoms with van der Waals surface area (Å²) in [5.41, 5.74) is 7.79. The van der Waals surface area contributed by atoms with Crippen molar-refractivity contribution in [1.82, 2.24) is 15.8 Å². The number of rotatable bonds is 3. The Morgan fingerprint density at radius 2 is 1.92 bits per heavy atom. The summed E-state index contributed by atoms with van der Waals surface area (Å²) < 4.78 is 36.3. The first-order valence-electron chi connectivity index (χ1n) is 7.53. The van der Waals surface area contributed by atoms with Crippen molar-refractivity contribution in [2.75, 3.05) is 38.1 Å². The van der Waals surface area contributed by atoms with Crippen molar-refractivity contribution in [3.63, 3.8) is 0 Å². The number of nitrogens with one attached hydrogen (secondary N) is 2. The summed E-state index contributed by atoms with van der Waals surface area (Å²) in [5, 5.41) is 9.34. The molecule has 1 saturated heterocycles. The molecule has 11 heteroatoms. The molecule has 0 radical (unpaired) electrons. The number of halogens is 3. The molecule has 1 heterocycles. The smallest absolute Gasteiger partial charge is 0.368 e. The Labute approximate surface area is 143 Å². The van der Waals surface area contributed by atoms with E-state index in [4.69, 9.17) is 5.73 Å². The maximum Gasteiger partial charge on any atom is 0.543 e. The Morgan fingerprint density at radius 1 is 1.28 bits per heavy atom. The average molecular weight is 359 g/mol. The summed E-state index contributed by atoms with van der Waals surface area (Å²) in [5.74, 6) is -0.433. The lowest BCUT2D eigenvalue weighted by atomic mass is 10.3. The fraction of sp³-hybridized carbons (Fsp3) is 0.429. The van der Waals surface area contributed by atoms with Gasteiger partial charge in [-0.05, 0) is 12.1 Å². The van der Waals surface area contributed by atoms with Gasteiger partial charge >= 0.3 is 6.36 Å². The minimum Gasteiger partial charge on any atom is -0.368 e. The Balaban J connectivity index is 2.20. The van der Waals surface area contributed by atoms with Gasteiger partial charge < -0.3 is 16.0 Å². The number of hydroxylamine groups is 1. The highest BCUT2D eigenvalue weighted by atomic mass is 19.4. The first kappa shape index (κ1) is 18.8. The van der Waals surface area contributed by atoms with Crippen LogP contribution in [0, 0.1) is 0 Å². The summed E-state index contributed by atoms with van der Waals surface area (Å²) in [6.07, 6.45) is -4.87. The van der Waals surface area contributed by atoms with Crippen LogP contribution in [0.5, 0.6) is 0 Å². The van der Waals surface area contributed by atoms with Crippen molar-refractivity contribution in [3.8, 4) is 0 Å². The van der Waals surface area contributed by atoms with Crippen LogP contribution in [0.3, 0.4) is 0 Å². The predicted octanol–water partition coefficient (Wildman–Crippen LogP) is 0.655. The van der Waals surface area contributed by atoms with E-state index < -0.39 is 12.3 Å². The van der Waals surface area contributed by atoms with Gasteiger partial charge in [0.25, 0.3) is 0 Å². The van der Waals surface area contributed by atoms with Crippen LogP contribution in [-0.2, 0) is 4.84 Å². The molecule has 4 N–H and O–H groups in total. The third kappa shape index (κ3) is 6.47. The quantitative estimate of drug-likeness (QED) is 0.417. The molecule has 0 aromatic heterocycles. The Hall–Kier alpha value is -2.53. The van der Waals surface area contributed by atoms with Crippen LogP contribution in [-0.4, -0.2) is 56.5 Å². The molecule has 0 amide bonds. The van der Waals surface area contributed by atoms with Crippen LogP contribution in [0.1, 0.15) is 0 Å². The summed E-state index contributed by atoms with van der Waals surface area (Å²) in [7, 11) is 1.69. The van der Waals surface area contributed by atoms with Crippen molar-refractivity contribution in [3.05, 3.63) is 30.3 Å². The largest absolute Gasteiger partial charge is 0.543 e. The molecule has 0 saturated carbocycles. The number of hydrogen-bond acceptors (Lipinski definition) is 4. The van der Waals surface area contributed by atoms with E-state index in [-0.39, 0.29) is 5.96 Å². The molecule has 8 nitrogen and oxygen atoms in total. The molecule has 2 rings (SSSR count). The zero-order valence-electron chi connectivity index (χ0n) is 13.6. The number of alkyl halides is 3. The first-order chi connectivity index (χ1) is 11.8. The van der Waals surface area contributed by atoms with Gasteiger partial charge in [0.2, 0.25) is 11.9 Å². The van der Waals surface area contributed by atoms with Crippen LogP contribution in [0.4, 0.5) is 18.9 Å². The van der Waals surface area contributed by atoms with E-state index in [1.54, 1.807) is 22.4 Å². The molecule has 0 atom stereocenters. The van der Waals surface area contributed by atoms with Crippen LogP contribution in [0.25, 0.3) is 0 Å². The molecule has 0 unspecified atom stereocenters. The first-order valence-corrected chi connectivity index (χ1v) is 7.53. The number of hydrogen-bond donors (Lipinski definition) is 3. The molecule has 1 aromatic carbocycles. The van der Waals surface area contributed by atoms with Gasteiger partial charge in [0, 0.05) is 38.9 Å². The van der Waals surface area contributed by atoms with Crippen molar-refractivity contribution in [1.29, 1.82) is 0 Å². The lowest BCUT2D eigenvalue weighted by molar-refractivity contribution is -0.341. The molecular formula is C14H20F3N7O. The van der Waals surface area contributed by atoms with E-state index in [1.807, 2.05) is 30.3 Å². The summed E-state index contributed by atoms with van der Waals surface area (Å²) in [4.78, 5) is 9.00. The second kappa shape index (κ2) is 8.53. The third-order valence-electron chi connectivity index (χ3n) is 3.26. The monoisotopic (exact) mass is 359 g/mol. The molecule has 25 heavy (non-hydrogen) atoms. The number of guanidine groups is 2. The topological polar surface area (TPSA) is 90.5 Å². The van der Waals surface area contributed by atoms with Gasteiger partial charge in [0.05, 0.1) is 0 Å². The number of piperazine rings is 1. The van der Waals surface area contributed by atoms with Crippen LogP contribution < -0.4 is 21.4 Å². The lowest BCUT2D eigenvalue weighted by Gasteiger charge is -2.27. The highest BCUT2D eigenvalue weighted by Crippen LogP contribution is 2.14. The van der Waals surface area contributed by atoms with Gasteiger partial charge in [0.1, 0.15) is 0 Å². The number of hydrazone groups is 1. The molecule has 0 spiro atoms. The molecule has 1 aromatic rings. The van der Waals surface area contributed by atoms with Crippen molar-refractivity contribution >= 4 is 17.6 Å². The molecule has 1 fully saturated rings. The van der Waals surface area contributed by atoms with E-state index in [0.29, 0.717) is 13.1 Å². The maximum atomic E-state index is 12.1. The third-order valence-corrected chi connectivity index (χ3v) is 3.26. The highest BCUT2D eigenvalue weighted by molar-refractivity contribution is 6.02. The Kier molecular flexibility index (Phi) is 6.42. The summed E-state index contributed by atoms with van der Waals surface area (Å²) in [6.45, 7) is 2.79. The van der Waals surface area contributed by atoms with Gasteiger partial charge in [-0.15, -0.1) is 18.3 Å². The zero-order chi connectivity index (χ0) is 18.3. The summed E-state index contributed by atoms with van der Waals surface area (Å²) in [6, 6.07) is 9.14. The standard InChI is InChI=1S/C14H20F3N7O/c1-23(11-5-3-2-4-6-11)13(21-24-9-7-19-8-10-24)20-12(18)22-25-14(15,16)17/h2-6,19H,7-10H2,1H3,(H3,18,20,21,22). The van der Waals surface area contributed by atoms with Gasteiger partial charge in [0.15, 0.2) is 0 Å².